The highest BCUT2D eigenvalue weighted by atomic mass is 35.5. The number of amides is 1. The number of halogens is 1. The Morgan fingerprint density at radius 3 is 2.63 bits per heavy atom. The number of carbonyl (C=O) groups is 1. The number of fused-ring (bicyclic) bond motifs is 3. The monoisotopic (exact) mass is 549 g/mol. The average molecular weight is 550 g/mol. The van der Waals surface area contributed by atoms with E-state index in [9.17, 15) is 9.59 Å². The lowest BCUT2D eigenvalue weighted by Crippen LogP contribution is -2.60. The Morgan fingerprint density at radius 2 is 1.89 bits per heavy atom. The minimum Gasteiger partial charge on any atom is -0.493 e. The Balaban J connectivity index is 1.69. The number of hydrogen-bond acceptors (Lipinski definition) is 6. The Kier molecular flexibility index (Phi) is 7.40. The van der Waals surface area contributed by atoms with E-state index in [0.717, 1.165) is 5.56 Å². The standard InChI is InChI=1S/C28H25ClN4O4S/c1-4-37-24-15-18(13-14-23(24)36-3)27-32(17(2)34)22-12-8-6-10-20(22)25-26(35)30-28(31-33(25)27)38-16-19-9-5-7-11-21(19)29/h5-15,27H,4,16H2,1-3H3/p+1. The molecule has 0 bridgehead atoms. The smallest absolute Gasteiger partial charge is 0.325 e. The number of thioether (sulfide) groups is 1. The molecule has 1 atom stereocenters. The zero-order valence-electron chi connectivity index (χ0n) is 21.1. The molecule has 1 amide bonds. The van der Waals surface area contributed by atoms with Crippen LogP contribution in [0.1, 0.15) is 31.1 Å². The summed E-state index contributed by atoms with van der Waals surface area (Å²) in [4.78, 5) is 31.2. The van der Waals surface area contributed by atoms with Gasteiger partial charge in [-0.25, -0.2) is 4.90 Å². The number of H-pyrrole nitrogens is 1. The zero-order chi connectivity index (χ0) is 26.8. The molecule has 1 N–H and O–H groups in total. The van der Waals surface area contributed by atoms with Crippen LogP contribution in [-0.2, 0) is 10.5 Å². The Morgan fingerprint density at radius 1 is 1.13 bits per heavy atom. The van der Waals surface area contributed by atoms with Crippen LogP contribution in [0.15, 0.2) is 76.7 Å². The third-order valence-electron chi connectivity index (χ3n) is 6.21. The van der Waals surface area contributed by atoms with Crippen molar-refractivity contribution in [1.29, 1.82) is 0 Å². The highest BCUT2D eigenvalue weighted by Gasteiger charge is 2.45. The van der Waals surface area contributed by atoms with E-state index >= 15 is 0 Å². The molecule has 10 heteroatoms. The molecule has 1 unspecified atom stereocenters. The van der Waals surface area contributed by atoms with Gasteiger partial charge in [-0.05, 0) is 53.6 Å². The van der Waals surface area contributed by atoms with Gasteiger partial charge in [0.05, 0.1) is 25.0 Å². The predicted octanol–water partition coefficient (Wildman–Crippen LogP) is 4.99. The van der Waals surface area contributed by atoms with Gasteiger partial charge >= 0.3 is 11.3 Å². The number of para-hydroxylation sites is 1. The number of aromatic amines is 1. The van der Waals surface area contributed by atoms with Crippen molar-refractivity contribution in [3.63, 3.8) is 0 Å². The summed E-state index contributed by atoms with van der Waals surface area (Å²) >= 11 is 7.70. The maximum atomic E-state index is 13.5. The fraction of sp³-hybridized carbons (Fsp3) is 0.214. The lowest BCUT2D eigenvalue weighted by atomic mass is 10.0. The molecule has 1 aliphatic rings. The topological polar surface area (TPSA) is 88.4 Å². The van der Waals surface area contributed by atoms with Crippen LogP contribution in [0, 0.1) is 0 Å². The number of methoxy groups -OCH3 is 1. The predicted molar refractivity (Wildman–Crippen MR) is 147 cm³/mol. The quantitative estimate of drug-likeness (QED) is 0.258. The summed E-state index contributed by atoms with van der Waals surface area (Å²) in [5.41, 5.74) is 2.94. The normalized spacial score (nSPS) is 14.0. The highest BCUT2D eigenvalue weighted by Crippen LogP contribution is 2.39. The van der Waals surface area contributed by atoms with Gasteiger partial charge < -0.3 is 9.47 Å². The maximum absolute atomic E-state index is 13.5. The molecule has 2 heterocycles. The van der Waals surface area contributed by atoms with Crippen LogP contribution in [0.3, 0.4) is 0 Å². The Hall–Kier alpha value is -3.82. The summed E-state index contributed by atoms with van der Waals surface area (Å²) in [6.45, 7) is 3.83. The van der Waals surface area contributed by atoms with Crippen molar-refractivity contribution in [2.75, 3.05) is 18.6 Å². The molecule has 5 rings (SSSR count). The van der Waals surface area contributed by atoms with Crippen molar-refractivity contribution in [3.8, 4) is 22.8 Å². The van der Waals surface area contributed by atoms with Gasteiger partial charge in [-0.1, -0.05) is 53.7 Å². The number of benzene rings is 3. The molecular weight excluding hydrogens is 524 g/mol. The number of nitrogens with zero attached hydrogens (tertiary/aromatic N) is 3. The molecule has 0 fully saturated rings. The van der Waals surface area contributed by atoms with Gasteiger partial charge in [0, 0.05) is 28.4 Å². The summed E-state index contributed by atoms with van der Waals surface area (Å²) in [7, 11) is 1.57. The fourth-order valence-electron chi connectivity index (χ4n) is 4.56. The van der Waals surface area contributed by atoms with E-state index in [1.165, 1.54) is 18.7 Å². The number of anilines is 1. The molecule has 194 valence electrons. The van der Waals surface area contributed by atoms with Crippen molar-refractivity contribution >= 4 is 35.0 Å². The number of ether oxygens (including phenoxy) is 2. The molecule has 0 saturated carbocycles. The minimum absolute atomic E-state index is 0.193. The number of aromatic nitrogens is 3. The second kappa shape index (κ2) is 10.9. The first-order valence-electron chi connectivity index (χ1n) is 12.0. The third-order valence-corrected chi connectivity index (χ3v) is 7.49. The van der Waals surface area contributed by atoms with Gasteiger partial charge in [0.15, 0.2) is 11.5 Å². The van der Waals surface area contributed by atoms with Crippen molar-refractivity contribution < 1.29 is 19.0 Å². The molecule has 0 radical (unpaired) electrons. The summed E-state index contributed by atoms with van der Waals surface area (Å²) in [5.74, 6) is 1.43. The molecule has 0 aliphatic carbocycles. The molecule has 38 heavy (non-hydrogen) atoms. The molecule has 0 saturated heterocycles. The van der Waals surface area contributed by atoms with E-state index < -0.39 is 6.17 Å². The first-order valence-corrected chi connectivity index (χ1v) is 13.4. The van der Waals surface area contributed by atoms with E-state index in [0.29, 0.717) is 56.5 Å². The zero-order valence-corrected chi connectivity index (χ0v) is 22.7. The fourth-order valence-corrected chi connectivity index (χ4v) is 5.70. The second-order valence-corrected chi connectivity index (χ2v) is 9.93. The molecule has 1 aromatic heterocycles. The highest BCUT2D eigenvalue weighted by molar-refractivity contribution is 7.98. The largest absolute Gasteiger partial charge is 0.493 e. The molecular formula is C28H26ClN4O4S+. The number of rotatable bonds is 7. The number of hydrogen-bond donors (Lipinski definition) is 1. The van der Waals surface area contributed by atoms with E-state index in [-0.39, 0.29) is 11.5 Å². The van der Waals surface area contributed by atoms with Gasteiger partial charge in [-0.3, -0.25) is 14.6 Å². The van der Waals surface area contributed by atoms with Crippen LogP contribution >= 0.6 is 23.4 Å². The number of nitrogens with one attached hydrogen (secondary N) is 1. The lowest BCUT2D eigenvalue weighted by molar-refractivity contribution is -0.763. The van der Waals surface area contributed by atoms with E-state index in [1.807, 2.05) is 67.6 Å². The molecule has 4 aromatic rings. The average Bonchev–Trinajstić information content (AvgIpc) is 2.91. The van der Waals surface area contributed by atoms with Crippen LogP contribution in [0.25, 0.3) is 11.3 Å². The Labute approximate surface area is 229 Å². The summed E-state index contributed by atoms with van der Waals surface area (Å²) in [6.07, 6.45) is -0.732. The van der Waals surface area contributed by atoms with Crippen molar-refractivity contribution in [1.82, 2.24) is 10.1 Å². The first-order chi connectivity index (χ1) is 18.4. The number of carbonyl (C=O) groups excluding carboxylic acids is 1. The molecule has 1 aliphatic heterocycles. The van der Waals surface area contributed by atoms with Crippen LogP contribution in [0.4, 0.5) is 5.69 Å². The first kappa shape index (κ1) is 25.8. The molecule has 0 spiro atoms. The van der Waals surface area contributed by atoms with E-state index in [4.69, 9.17) is 26.2 Å². The van der Waals surface area contributed by atoms with Gasteiger partial charge in [0.1, 0.15) is 0 Å². The lowest BCUT2D eigenvalue weighted by Gasteiger charge is -2.31. The van der Waals surface area contributed by atoms with Gasteiger partial charge in [0.25, 0.3) is 6.17 Å². The SMILES string of the molecule is CCOc1cc(C2N(C(C)=O)c3ccccc3-c3c(=O)[nH]c(SCc4ccccc4Cl)n[n+]32)ccc1OC. The van der Waals surface area contributed by atoms with Crippen LogP contribution < -0.4 is 24.6 Å². The minimum atomic E-state index is -0.732. The van der Waals surface area contributed by atoms with Gasteiger partial charge in [0.2, 0.25) is 11.1 Å². The summed E-state index contributed by atoms with van der Waals surface area (Å²) < 4.78 is 12.9. The van der Waals surface area contributed by atoms with Crippen LogP contribution in [0.5, 0.6) is 11.5 Å². The van der Waals surface area contributed by atoms with E-state index in [1.54, 1.807) is 22.8 Å². The molecule has 8 nitrogen and oxygen atoms in total. The third kappa shape index (κ3) is 4.75. The van der Waals surface area contributed by atoms with Gasteiger partial charge in [-0.15, -0.1) is 0 Å². The summed E-state index contributed by atoms with van der Waals surface area (Å²) in [5, 5.41) is 5.89. The second-order valence-electron chi connectivity index (χ2n) is 8.56. The Bertz CT molecular complexity index is 1570. The molecule has 3 aromatic carbocycles. The van der Waals surface area contributed by atoms with Crippen molar-refractivity contribution in [2.24, 2.45) is 0 Å². The van der Waals surface area contributed by atoms with Crippen LogP contribution in [0.2, 0.25) is 5.02 Å². The summed E-state index contributed by atoms with van der Waals surface area (Å²) in [6, 6.07) is 20.3. The van der Waals surface area contributed by atoms with Gasteiger partial charge in [-0.2, -0.15) is 0 Å². The van der Waals surface area contributed by atoms with E-state index in [2.05, 4.69) is 4.98 Å². The van der Waals surface area contributed by atoms with Crippen molar-refractivity contribution in [3.05, 3.63) is 93.2 Å². The maximum Gasteiger partial charge on any atom is 0.325 e. The van der Waals surface area contributed by atoms with Crippen LogP contribution in [-0.4, -0.2) is 29.7 Å². The van der Waals surface area contributed by atoms with Crippen molar-refractivity contribution in [2.45, 2.75) is 30.9 Å².